The second-order valence-corrected chi connectivity index (χ2v) is 5.76. The Morgan fingerprint density at radius 2 is 2.07 bits per heavy atom. The summed E-state index contributed by atoms with van der Waals surface area (Å²) in [5, 5.41) is 3.29. The van der Waals surface area contributed by atoms with E-state index in [4.69, 9.17) is 0 Å². The van der Waals surface area contributed by atoms with E-state index in [-0.39, 0.29) is 17.4 Å². The summed E-state index contributed by atoms with van der Waals surface area (Å²) >= 11 is 0. The Bertz CT molecular complexity index is 214. The highest BCUT2D eigenvalue weighted by Gasteiger charge is 2.25. The van der Waals surface area contributed by atoms with Crippen molar-refractivity contribution in [3.05, 3.63) is 0 Å². The third-order valence-corrected chi connectivity index (χ3v) is 2.70. The lowest BCUT2D eigenvalue weighted by atomic mass is 9.95. The zero-order valence-electron chi connectivity index (χ0n) is 10.5. The van der Waals surface area contributed by atoms with Crippen LogP contribution in [0.25, 0.3) is 0 Å². The molecule has 1 saturated heterocycles. The molecule has 1 heterocycles. The van der Waals surface area contributed by atoms with Crippen LogP contribution in [0.4, 0.5) is 0 Å². The first-order valence-corrected chi connectivity index (χ1v) is 5.88. The van der Waals surface area contributed by atoms with Crippen LogP contribution in [-0.4, -0.2) is 37.0 Å². The molecular formula is C12H24N2O. The van der Waals surface area contributed by atoms with E-state index in [1.807, 2.05) is 11.9 Å². The number of piperidine rings is 1. The number of rotatable bonds is 2. The maximum atomic E-state index is 12.0. The van der Waals surface area contributed by atoms with Crippen LogP contribution in [0.15, 0.2) is 0 Å². The highest BCUT2D eigenvalue weighted by atomic mass is 16.2. The summed E-state index contributed by atoms with van der Waals surface area (Å²) in [5.41, 5.74) is 0.180. The third kappa shape index (κ3) is 4.20. The van der Waals surface area contributed by atoms with Gasteiger partial charge in [0.2, 0.25) is 5.91 Å². The lowest BCUT2D eigenvalue weighted by Crippen LogP contribution is -2.48. The van der Waals surface area contributed by atoms with E-state index < -0.39 is 0 Å². The molecule has 0 aromatic rings. The van der Waals surface area contributed by atoms with Crippen LogP contribution >= 0.6 is 0 Å². The fraction of sp³-hybridized carbons (Fsp3) is 0.917. The van der Waals surface area contributed by atoms with Gasteiger partial charge in [-0.2, -0.15) is 0 Å². The van der Waals surface area contributed by atoms with Crippen molar-refractivity contribution in [3.63, 3.8) is 0 Å². The van der Waals surface area contributed by atoms with Crippen molar-refractivity contribution in [2.24, 2.45) is 5.41 Å². The van der Waals surface area contributed by atoms with Crippen molar-refractivity contribution in [2.45, 2.75) is 46.1 Å². The summed E-state index contributed by atoms with van der Waals surface area (Å²) in [6.45, 7) is 8.28. The average molecular weight is 212 g/mol. The van der Waals surface area contributed by atoms with Crippen LogP contribution in [0.3, 0.4) is 0 Å². The molecule has 1 rings (SSSR count). The molecule has 1 aliphatic heterocycles. The minimum atomic E-state index is 0.0612. The average Bonchev–Trinajstić information content (AvgIpc) is 2.15. The number of hydrogen-bond acceptors (Lipinski definition) is 2. The lowest BCUT2D eigenvalue weighted by Gasteiger charge is -2.31. The molecule has 88 valence electrons. The van der Waals surface area contributed by atoms with Crippen LogP contribution in [-0.2, 0) is 4.79 Å². The monoisotopic (exact) mass is 212 g/mol. The van der Waals surface area contributed by atoms with E-state index in [2.05, 4.69) is 26.1 Å². The van der Waals surface area contributed by atoms with Gasteiger partial charge in [0, 0.05) is 13.6 Å². The van der Waals surface area contributed by atoms with Crippen molar-refractivity contribution in [1.29, 1.82) is 0 Å². The van der Waals surface area contributed by atoms with Gasteiger partial charge in [0.05, 0.1) is 6.04 Å². The number of amides is 1. The van der Waals surface area contributed by atoms with Crippen molar-refractivity contribution in [2.75, 3.05) is 20.1 Å². The number of carbonyl (C=O) groups excluding carboxylic acids is 1. The molecule has 1 fully saturated rings. The summed E-state index contributed by atoms with van der Waals surface area (Å²) in [4.78, 5) is 13.9. The molecule has 0 aliphatic carbocycles. The zero-order valence-corrected chi connectivity index (χ0v) is 10.5. The highest BCUT2D eigenvalue weighted by Crippen LogP contribution is 2.16. The van der Waals surface area contributed by atoms with Gasteiger partial charge in [-0.25, -0.2) is 0 Å². The fourth-order valence-corrected chi connectivity index (χ4v) is 2.12. The molecule has 0 radical (unpaired) electrons. The van der Waals surface area contributed by atoms with E-state index in [1.54, 1.807) is 0 Å². The first-order chi connectivity index (χ1) is 6.90. The predicted molar refractivity (Wildman–Crippen MR) is 62.7 cm³/mol. The molecule has 3 heteroatoms. The molecule has 1 unspecified atom stereocenters. The predicted octanol–water partition coefficient (Wildman–Crippen LogP) is 1.63. The molecule has 3 nitrogen and oxygen atoms in total. The van der Waals surface area contributed by atoms with Crippen molar-refractivity contribution in [1.82, 2.24) is 10.2 Å². The molecule has 0 aromatic carbocycles. The number of nitrogens with zero attached hydrogens (tertiary/aromatic N) is 1. The third-order valence-electron chi connectivity index (χ3n) is 2.70. The van der Waals surface area contributed by atoms with Crippen LogP contribution in [0.1, 0.15) is 40.0 Å². The van der Waals surface area contributed by atoms with Gasteiger partial charge in [0.25, 0.3) is 0 Å². The molecule has 1 aliphatic rings. The molecule has 15 heavy (non-hydrogen) atoms. The molecule has 0 spiro atoms. The van der Waals surface area contributed by atoms with Gasteiger partial charge in [-0.3, -0.25) is 4.79 Å². The van der Waals surface area contributed by atoms with Gasteiger partial charge < -0.3 is 10.2 Å². The largest absolute Gasteiger partial charge is 0.344 e. The van der Waals surface area contributed by atoms with Gasteiger partial charge in [0.1, 0.15) is 0 Å². The maximum absolute atomic E-state index is 12.0. The number of likely N-dealkylation sites (N-methyl/N-ethyl adjacent to an activating group) is 1. The van der Waals surface area contributed by atoms with Gasteiger partial charge in [-0.05, 0) is 24.8 Å². The first-order valence-electron chi connectivity index (χ1n) is 5.88. The SMILES string of the molecule is CN(CC(C)(C)C)C(=O)C1CCCCN1. The second kappa shape index (κ2) is 4.97. The Labute approximate surface area is 93.2 Å². The van der Waals surface area contributed by atoms with Crippen LogP contribution < -0.4 is 5.32 Å². The molecule has 1 amide bonds. The van der Waals surface area contributed by atoms with Crippen LogP contribution in [0.5, 0.6) is 0 Å². The molecule has 0 aromatic heterocycles. The summed E-state index contributed by atoms with van der Waals surface area (Å²) < 4.78 is 0. The quantitative estimate of drug-likeness (QED) is 0.754. The topological polar surface area (TPSA) is 32.3 Å². The van der Waals surface area contributed by atoms with E-state index in [0.29, 0.717) is 0 Å². The number of nitrogens with one attached hydrogen (secondary N) is 1. The Morgan fingerprint density at radius 3 is 2.53 bits per heavy atom. The Morgan fingerprint density at radius 1 is 1.40 bits per heavy atom. The van der Waals surface area contributed by atoms with Gasteiger partial charge in [-0.1, -0.05) is 27.2 Å². The molecule has 0 bridgehead atoms. The van der Waals surface area contributed by atoms with Crippen molar-refractivity contribution in [3.8, 4) is 0 Å². The zero-order chi connectivity index (χ0) is 11.5. The van der Waals surface area contributed by atoms with E-state index in [1.165, 1.54) is 12.8 Å². The van der Waals surface area contributed by atoms with Gasteiger partial charge in [0.15, 0.2) is 0 Å². The molecule has 0 saturated carbocycles. The first kappa shape index (κ1) is 12.5. The van der Waals surface area contributed by atoms with Gasteiger partial charge >= 0.3 is 0 Å². The lowest BCUT2D eigenvalue weighted by molar-refractivity contribution is -0.133. The minimum absolute atomic E-state index is 0.0612. The second-order valence-electron chi connectivity index (χ2n) is 5.76. The summed E-state index contributed by atoms with van der Waals surface area (Å²) in [6, 6.07) is 0.0612. The smallest absolute Gasteiger partial charge is 0.239 e. The molecular weight excluding hydrogens is 188 g/mol. The Kier molecular flexibility index (Phi) is 4.14. The molecule has 1 N–H and O–H groups in total. The molecule has 1 atom stereocenters. The number of carbonyl (C=O) groups is 1. The van der Waals surface area contributed by atoms with Gasteiger partial charge in [-0.15, -0.1) is 0 Å². The minimum Gasteiger partial charge on any atom is -0.344 e. The van der Waals surface area contributed by atoms with E-state index >= 15 is 0 Å². The number of hydrogen-bond donors (Lipinski definition) is 1. The Hall–Kier alpha value is -0.570. The summed E-state index contributed by atoms with van der Waals surface area (Å²) in [7, 11) is 1.91. The summed E-state index contributed by atoms with van der Waals surface area (Å²) in [5.74, 6) is 0.254. The van der Waals surface area contributed by atoms with Crippen LogP contribution in [0.2, 0.25) is 0 Å². The van der Waals surface area contributed by atoms with E-state index in [0.717, 1.165) is 19.5 Å². The maximum Gasteiger partial charge on any atom is 0.239 e. The fourth-order valence-electron chi connectivity index (χ4n) is 2.12. The Balaban J connectivity index is 2.44. The van der Waals surface area contributed by atoms with Crippen LogP contribution in [0, 0.1) is 5.41 Å². The normalized spacial score (nSPS) is 22.5. The standard InChI is InChI=1S/C12H24N2O/c1-12(2,3)9-14(4)11(15)10-7-5-6-8-13-10/h10,13H,5-9H2,1-4H3. The van der Waals surface area contributed by atoms with Crippen molar-refractivity contribution < 1.29 is 4.79 Å². The highest BCUT2D eigenvalue weighted by molar-refractivity contribution is 5.81. The van der Waals surface area contributed by atoms with Crippen molar-refractivity contribution >= 4 is 5.91 Å². The summed E-state index contributed by atoms with van der Waals surface area (Å²) in [6.07, 6.45) is 3.37. The van der Waals surface area contributed by atoms with E-state index in [9.17, 15) is 4.79 Å².